The lowest BCUT2D eigenvalue weighted by Crippen LogP contribution is -2.41. The van der Waals surface area contributed by atoms with E-state index in [2.05, 4.69) is 17.3 Å². The molecular weight excluding hydrogens is 250 g/mol. The first-order chi connectivity index (χ1) is 9.56. The summed E-state index contributed by atoms with van der Waals surface area (Å²) in [4.78, 5) is 14.4. The van der Waals surface area contributed by atoms with Crippen molar-refractivity contribution in [2.24, 2.45) is 11.7 Å². The Labute approximate surface area is 121 Å². The number of nitrogens with zero attached hydrogens (tertiary/aromatic N) is 1. The molecule has 1 fully saturated rings. The zero-order valence-corrected chi connectivity index (χ0v) is 12.4. The number of hydrogen-bond acceptors (Lipinski definition) is 3. The summed E-state index contributed by atoms with van der Waals surface area (Å²) in [5.41, 5.74) is 8.05. The minimum atomic E-state index is -0.572. The van der Waals surface area contributed by atoms with E-state index in [1.807, 2.05) is 31.2 Å². The molecule has 0 aliphatic carbocycles. The van der Waals surface area contributed by atoms with Gasteiger partial charge in [-0.25, -0.2) is 0 Å². The molecule has 0 radical (unpaired) electrons. The Bertz CT molecular complexity index is 444. The van der Waals surface area contributed by atoms with E-state index in [1.165, 1.54) is 18.4 Å². The lowest BCUT2D eigenvalue weighted by Gasteiger charge is -2.30. The molecule has 2 unspecified atom stereocenters. The first-order valence-corrected chi connectivity index (χ1v) is 7.34. The molecule has 20 heavy (non-hydrogen) atoms. The Morgan fingerprint density at radius 3 is 2.80 bits per heavy atom. The molecule has 1 aliphatic rings. The maximum atomic E-state index is 12.1. The highest BCUT2D eigenvalue weighted by molar-refractivity contribution is 5.82. The van der Waals surface area contributed by atoms with E-state index in [0.717, 1.165) is 25.2 Å². The number of nitrogens with one attached hydrogen (secondary N) is 1. The number of hydrogen-bond donors (Lipinski definition) is 2. The van der Waals surface area contributed by atoms with Crippen molar-refractivity contribution in [3.63, 3.8) is 0 Å². The highest BCUT2D eigenvalue weighted by atomic mass is 16.2. The van der Waals surface area contributed by atoms with Crippen molar-refractivity contribution < 1.29 is 4.79 Å². The van der Waals surface area contributed by atoms with Crippen molar-refractivity contribution in [1.29, 1.82) is 0 Å². The van der Waals surface area contributed by atoms with Crippen molar-refractivity contribution in [2.45, 2.75) is 25.8 Å². The molecule has 4 nitrogen and oxygen atoms in total. The topological polar surface area (TPSA) is 58.4 Å². The van der Waals surface area contributed by atoms with Crippen LogP contribution in [0.5, 0.6) is 0 Å². The number of aryl methyl sites for hydroxylation is 1. The van der Waals surface area contributed by atoms with Crippen LogP contribution in [-0.2, 0) is 4.79 Å². The average molecular weight is 275 g/mol. The van der Waals surface area contributed by atoms with E-state index >= 15 is 0 Å². The van der Waals surface area contributed by atoms with E-state index in [-0.39, 0.29) is 5.91 Å². The van der Waals surface area contributed by atoms with Gasteiger partial charge in [0.15, 0.2) is 0 Å². The van der Waals surface area contributed by atoms with Crippen molar-refractivity contribution in [3.05, 3.63) is 35.4 Å². The molecule has 2 atom stereocenters. The van der Waals surface area contributed by atoms with Gasteiger partial charge in [-0.3, -0.25) is 4.79 Å². The quantitative estimate of drug-likeness (QED) is 0.874. The van der Waals surface area contributed by atoms with Crippen LogP contribution in [0.4, 0.5) is 0 Å². The minimum Gasteiger partial charge on any atom is -0.354 e. The van der Waals surface area contributed by atoms with Crippen LogP contribution in [0.1, 0.15) is 30.0 Å². The predicted octanol–water partition coefficient (Wildman–Crippen LogP) is 1.45. The van der Waals surface area contributed by atoms with Gasteiger partial charge in [0.1, 0.15) is 6.04 Å². The second-order valence-electron chi connectivity index (χ2n) is 5.90. The van der Waals surface area contributed by atoms with Gasteiger partial charge in [-0.2, -0.15) is 0 Å². The molecule has 0 aromatic heterocycles. The van der Waals surface area contributed by atoms with E-state index in [0.29, 0.717) is 5.92 Å². The number of rotatable bonds is 4. The maximum absolute atomic E-state index is 12.1. The fraction of sp³-hybridized carbons (Fsp3) is 0.562. The molecule has 4 heteroatoms. The van der Waals surface area contributed by atoms with Crippen molar-refractivity contribution in [1.82, 2.24) is 10.2 Å². The maximum Gasteiger partial charge on any atom is 0.241 e. The normalized spacial score (nSPS) is 21.4. The van der Waals surface area contributed by atoms with Gasteiger partial charge in [-0.05, 0) is 44.8 Å². The first kappa shape index (κ1) is 15.0. The van der Waals surface area contributed by atoms with Gasteiger partial charge in [0.25, 0.3) is 0 Å². The average Bonchev–Trinajstić information content (AvgIpc) is 2.45. The largest absolute Gasteiger partial charge is 0.354 e. The second-order valence-corrected chi connectivity index (χ2v) is 5.90. The molecule has 1 aromatic carbocycles. The SMILES string of the molecule is Cc1ccc(C(N)C(=O)NCC2CCCN(C)C2)cc1. The van der Waals surface area contributed by atoms with Crippen LogP contribution in [0.25, 0.3) is 0 Å². The van der Waals surface area contributed by atoms with Crippen LogP contribution < -0.4 is 11.1 Å². The van der Waals surface area contributed by atoms with Gasteiger partial charge < -0.3 is 16.0 Å². The van der Waals surface area contributed by atoms with Crippen molar-refractivity contribution in [2.75, 3.05) is 26.7 Å². The fourth-order valence-corrected chi connectivity index (χ4v) is 2.72. The lowest BCUT2D eigenvalue weighted by molar-refractivity contribution is -0.122. The number of nitrogens with two attached hydrogens (primary N) is 1. The molecule has 2 rings (SSSR count). The van der Waals surface area contributed by atoms with Crippen LogP contribution in [-0.4, -0.2) is 37.5 Å². The van der Waals surface area contributed by atoms with E-state index in [4.69, 9.17) is 5.73 Å². The molecule has 1 aromatic rings. The van der Waals surface area contributed by atoms with Crippen LogP contribution in [0, 0.1) is 12.8 Å². The Hall–Kier alpha value is -1.39. The van der Waals surface area contributed by atoms with Gasteiger partial charge in [-0.15, -0.1) is 0 Å². The molecular formula is C16H25N3O. The summed E-state index contributed by atoms with van der Waals surface area (Å²) in [6, 6.07) is 7.25. The van der Waals surface area contributed by atoms with Crippen LogP contribution >= 0.6 is 0 Å². The number of carbonyl (C=O) groups is 1. The summed E-state index contributed by atoms with van der Waals surface area (Å²) < 4.78 is 0. The zero-order chi connectivity index (χ0) is 14.5. The first-order valence-electron chi connectivity index (χ1n) is 7.34. The summed E-state index contributed by atoms with van der Waals surface area (Å²) in [6.07, 6.45) is 2.39. The summed E-state index contributed by atoms with van der Waals surface area (Å²) in [6.45, 7) is 4.96. The predicted molar refractivity (Wildman–Crippen MR) is 81.3 cm³/mol. The Morgan fingerprint density at radius 1 is 1.45 bits per heavy atom. The van der Waals surface area contributed by atoms with Gasteiger partial charge in [-0.1, -0.05) is 29.8 Å². The lowest BCUT2D eigenvalue weighted by atomic mass is 9.98. The molecule has 0 spiro atoms. The van der Waals surface area contributed by atoms with E-state index in [1.54, 1.807) is 0 Å². The number of benzene rings is 1. The Balaban J connectivity index is 1.83. The van der Waals surface area contributed by atoms with Crippen molar-refractivity contribution in [3.8, 4) is 0 Å². The highest BCUT2D eigenvalue weighted by Gasteiger charge is 2.20. The van der Waals surface area contributed by atoms with Crippen LogP contribution in [0.2, 0.25) is 0 Å². The molecule has 1 amide bonds. The molecule has 3 N–H and O–H groups in total. The second kappa shape index (κ2) is 6.86. The monoisotopic (exact) mass is 275 g/mol. The Kier molecular flexibility index (Phi) is 5.15. The number of piperidine rings is 1. The smallest absolute Gasteiger partial charge is 0.241 e. The third-order valence-electron chi connectivity index (χ3n) is 4.01. The summed E-state index contributed by atoms with van der Waals surface area (Å²) in [5.74, 6) is 0.463. The molecule has 0 saturated carbocycles. The van der Waals surface area contributed by atoms with Gasteiger partial charge in [0, 0.05) is 13.1 Å². The third kappa shape index (κ3) is 4.05. The van der Waals surface area contributed by atoms with Gasteiger partial charge in [0.05, 0.1) is 0 Å². The standard InChI is InChI=1S/C16H25N3O/c1-12-5-7-14(8-6-12)15(17)16(20)18-10-13-4-3-9-19(2)11-13/h5-8,13,15H,3-4,9-11,17H2,1-2H3,(H,18,20). The molecule has 0 bridgehead atoms. The van der Waals surface area contributed by atoms with E-state index in [9.17, 15) is 4.79 Å². The summed E-state index contributed by atoms with van der Waals surface area (Å²) >= 11 is 0. The Morgan fingerprint density at radius 2 is 2.15 bits per heavy atom. The van der Waals surface area contributed by atoms with Gasteiger partial charge in [0.2, 0.25) is 5.91 Å². The number of carbonyl (C=O) groups excluding carboxylic acids is 1. The number of likely N-dealkylation sites (tertiary alicyclic amines) is 1. The van der Waals surface area contributed by atoms with Crippen molar-refractivity contribution >= 4 is 5.91 Å². The zero-order valence-electron chi connectivity index (χ0n) is 12.4. The summed E-state index contributed by atoms with van der Waals surface area (Å²) in [5, 5.41) is 3.00. The van der Waals surface area contributed by atoms with Crippen LogP contribution in [0.15, 0.2) is 24.3 Å². The summed E-state index contributed by atoms with van der Waals surface area (Å²) in [7, 11) is 2.13. The molecule has 1 aliphatic heterocycles. The number of amides is 1. The minimum absolute atomic E-state index is 0.0814. The van der Waals surface area contributed by atoms with Gasteiger partial charge >= 0.3 is 0 Å². The fourth-order valence-electron chi connectivity index (χ4n) is 2.72. The van der Waals surface area contributed by atoms with Crippen LogP contribution in [0.3, 0.4) is 0 Å². The molecule has 1 heterocycles. The van der Waals surface area contributed by atoms with E-state index < -0.39 is 6.04 Å². The molecule has 1 saturated heterocycles. The third-order valence-corrected chi connectivity index (χ3v) is 4.01. The molecule has 110 valence electrons. The highest BCUT2D eigenvalue weighted by Crippen LogP contribution is 2.15.